The molecule has 0 bridgehead atoms. The van der Waals surface area contributed by atoms with Crippen molar-refractivity contribution >= 4 is 23.2 Å². The average Bonchev–Trinajstić information content (AvgIpc) is 2.40. The molecule has 1 N–H and O–H groups in total. The summed E-state index contributed by atoms with van der Waals surface area (Å²) in [5.41, 5.74) is 0.574. The normalized spacial score (nSPS) is 10.1. The van der Waals surface area contributed by atoms with Crippen LogP contribution in [-0.2, 0) is 4.79 Å². The van der Waals surface area contributed by atoms with Gasteiger partial charge in [0.15, 0.2) is 0 Å². The summed E-state index contributed by atoms with van der Waals surface area (Å²) in [7, 11) is 3.06. The lowest BCUT2D eigenvalue weighted by Gasteiger charge is -2.13. The van der Waals surface area contributed by atoms with E-state index in [1.807, 2.05) is 0 Å². The van der Waals surface area contributed by atoms with Crippen molar-refractivity contribution in [2.45, 2.75) is 32.6 Å². The Morgan fingerprint density at radius 3 is 2.47 bits per heavy atom. The van der Waals surface area contributed by atoms with Crippen molar-refractivity contribution in [3.05, 3.63) is 17.2 Å². The summed E-state index contributed by atoms with van der Waals surface area (Å²) in [6.07, 6.45) is 3.52. The Bertz CT molecular complexity index is 435. The van der Waals surface area contributed by atoms with Crippen molar-refractivity contribution in [3.8, 4) is 11.5 Å². The maximum Gasteiger partial charge on any atom is 0.224 e. The summed E-state index contributed by atoms with van der Waals surface area (Å²) in [5.74, 6) is 0.997. The quantitative estimate of drug-likeness (QED) is 0.774. The number of unbranched alkanes of at least 4 members (excludes halogenated alkanes) is 2. The van der Waals surface area contributed by atoms with E-state index < -0.39 is 0 Å². The Kier molecular flexibility index (Phi) is 6.50. The van der Waals surface area contributed by atoms with E-state index in [0.717, 1.165) is 19.3 Å². The number of hydrogen-bond acceptors (Lipinski definition) is 3. The number of ether oxygens (including phenoxy) is 2. The van der Waals surface area contributed by atoms with Crippen LogP contribution in [0, 0.1) is 0 Å². The van der Waals surface area contributed by atoms with E-state index in [0.29, 0.717) is 28.6 Å². The van der Waals surface area contributed by atoms with E-state index in [9.17, 15) is 4.79 Å². The van der Waals surface area contributed by atoms with Gasteiger partial charge in [-0.1, -0.05) is 31.4 Å². The third-order valence-corrected chi connectivity index (χ3v) is 3.05. The van der Waals surface area contributed by atoms with Crippen molar-refractivity contribution < 1.29 is 14.3 Å². The van der Waals surface area contributed by atoms with Crippen LogP contribution in [0.3, 0.4) is 0 Å². The van der Waals surface area contributed by atoms with E-state index in [1.54, 1.807) is 12.1 Å². The molecule has 106 valence electrons. The molecule has 19 heavy (non-hydrogen) atoms. The first-order chi connectivity index (χ1) is 9.12. The van der Waals surface area contributed by atoms with Crippen LogP contribution in [0.25, 0.3) is 0 Å². The van der Waals surface area contributed by atoms with Crippen molar-refractivity contribution in [2.75, 3.05) is 19.5 Å². The van der Waals surface area contributed by atoms with Crippen LogP contribution < -0.4 is 14.8 Å². The Morgan fingerprint density at radius 2 is 1.89 bits per heavy atom. The van der Waals surface area contributed by atoms with E-state index in [1.165, 1.54) is 14.2 Å². The molecular weight excluding hydrogens is 266 g/mol. The topological polar surface area (TPSA) is 47.6 Å². The molecule has 0 aliphatic carbocycles. The van der Waals surface area contributed by atoms with Gasteiger partial charge in [0.1, 0.15) is 11.5 Å². The molecular formula is C14H20ClNO3. The van der Waals surface area contributed by atoms with Crippen LogP contribution in [-0.4, -0.2) is 20.1 Å². The third-order valence-electron chi connectivity index (χ3n) is 2.76. The Balaban J connectivity index is 2.78. The van der Waals surface area contributed by atoms with E-state index >= 15 is 0 Å². The highest BCUT2D eigenvalue weighted by Gasteiger charge is 2.12. The molecule has 4 nitrogen and oxygen atoms in total. The fourth-order valence-electron chi connectivity index (χ4n) is 1.71. The molecule has 1 aromatic carbocycles. The first kappa shape index (κ1) is 15.6. The van der Waals surface area contributed by atoms with Crippen LogP contribution in [0.2, 0.25) is 5.02 Å². The lowest BCUT2D eigenvalue weighted by Crippen LogP contribution is -2.12. The van der Waals surface area contributed by atoms with Gasteiger partial charge in [-0.2, -0.15) is 0 Å². The molecule has 0 atom stereocenters. The molecule has 1 amide bonds. The molecule has 0 aliphatic rings. The van der Waals surface area contributed by atoms with Crippen molar-refractivity contribution in [1.29, 1.82) is 0 Å². The van der Waals surface area contributed by atoms with Gasteiger partial charge in [0.05, 0.1) is 24.9 Å². The highest BCUT2D eigenvalue weighted by atomic mass is 35.5. The van der Waals surface area contributed by atoms with Gasteiger partial charge in [-0.15, -0.1) is 0 Å². The van der Waals surface area contributed by atoms with Crippen LogP contribution in [0.15, 0.2) is 12.1 Å². The average molecular weight is 286 g/mol. The van der Waals surface area contributed by atoms with Gasteiger partial charge >= 0.3 is 0 Å². The zero-order valence-electron chi connectivity index (χ0n) is 11.6. The van der Waals surface area contributed by atoms with Gasteiger partial charge in [-0.3, -0.25) is 4.79 Å². The number of anilines is 1. The molecule has 0 spiro atoms. The number of methoxy groups -OCH3 is 2. The van der Waals surface area contributed by atoms with Gasteiger partial charge in [0.25, 0.3) is 0 Å². The van der Waals surface area contributed by atoms with Crippen molar-refractivity contribution in [2.24, 2.45) is 0 Å². The summed E-state index contributed by atoms with van der Waals surface area (Å²) in [5, 5.41) is 3.27. The maximum absolute atomic E-state index is 11.8. The standard InChI is InChI=1S/C14H20ClNO3/c1-4-5-6-7-14(17)16-11-9-12(18-2)10(15)8-13(11)19-3/h8-9H,4-7H2,1-3H3,(H,16,17). The fourth-order valence-corrected chi connectivity index (χ4v) is 1.94. The van der Waals surface area contributed by atoms with Gasteiger partial charge in [0.2, 0.25) is 5.91 Å². The predicted octanol–water partition coefficient (Wildman–Crippen LogP) is 3.88. The molecule has 0 fully saturated rings. The zero-order chi connectivity index (χ0) is 14.3. The molecule has 0 radical (unpaired) electrons. The molecule has 0 saturated heterocycles. The molecule has 0 unspecified atom stereocenters. The number of carbonyl (C=O) groups excluding carboxylic acids is 1. The minimum Gasteiger partial charge on any atom is -0.495 e. The Labute approximate surface area is 119 Å². The van der Waals surface area contributed by atoms with E-state index in [2.05, 4.69) is 12.2 Å². The second-order valence-corrected chi connectivity index (χ2v) is 4.60. The number of nitrogens with one attached hydrogen (secondary N) is 1. The van der Waals surface area contributed by atoms with E-state index in [-0.39, 0.29) is 5.91 Å². The Morgan fingerprint density at radius 1 is 1.21 bits per heavy atom. The summed E-state index contributed by atoms with van der Waals surface area (Å²) < 4.78 is 10.3. The van der Waals surface area contributed by atoms with Crippen LogP contribution >= 0.6 is 11.6 Å². The highest BCUT2D eigenvalue weighted by Crippen LogP contribution is 2.35. The summed E-state index contributed by atoms with van der Waals surface area (Å²) in [4.78, 5) is 11.8. The predicted molar refractivity (Wildman–Crippen MR) is 77.3 cm³/mol. The molecule has 5 heteroatoms. The highest BCUT2D eigenvalue weighted by molar-refractivity contribution is 6.32. The minimum absolute atomic E-state index is 0.0314. The molecule has 0 aliphatic heterocycles. The Hall–Kier alpha value is -1.42. The molecule has 1 rings (SSSR count). The minimum atomic E-state index is -0.0314. The van der Waals surface area contributed by atoms with Crippen LogP contribution in [0.5, 0.6) is 11.5 Å². The molecule has 0 aromatic heterocycles. The first-order valence-corrected chi connectivity index (χ1v) is 6.71. The largest absolute Gasteiger partial charge is 0.495 e. The second-order valence-electron chi connectivity index (χ2n) is 4.19. The lowest BCUT2D eigenvalue weighted by atomic mass is 10.2. The second kappa shape index (κ2) is 7.89. The number of benzene rings is 1. The van der Waals surface area contributed by atoms with E-state index in [4.69, 9.17) is 21.1 Å². The van der Waals surface area contributed by atoms with Crippen LogP contribution in [0.1, 0.15) is 32.6 Å². The third kappa shape index (κ3) is 4.63. The first-order valence-electron chi connectivity index (χ1n) is 6.33. The number of amides is 1. The lowest BCUT2D eigenvalue weighted by molar-refractivity contribution is -0.116. The summed E-state index contributed by atoms with van der Waals surface area (Å²) in [6, 6.07) is 3.29. The smallest absolute Gasteiger partial charge is 0.224 e. The fraction of sp³-hybridized carbons (Fsp3) is 0.500. The molecule has 1 aromatic rings. The van der Waals surface area contributed by atoms with Gasteiger partial charge < -0.3 is 14.8 Å². The summed E-state index contributed by atoms with van der Waals surface area (Å²) >= 11 is 6.00. The van der Waals surface area contributed by atoms with Crippen molar-refractivity contribution in [3.63, 3.8) is 0 Å². The number of carbonyl (C=O) groups is 1. The van der Waals surface area contributed by atoms with Gasteiger partial charge in [0, 0.05) is 18.6 Å². The van der Waals surface area contributed by atoms with Gasteiger partial charge in [-0.05, 0) is 6.42 Å². The molecule has 0 heterocycles. The SMILES string of the molecule is CCCCCC(=O)Nc1cc(OC)c(Cl)cc1OC. The zero-order valence-corrected chi connectivity index (χ0v) is 12.3. The summed E-state index contributed by atoms with van der Waals surface area (Å²) in [6.45, 7) is 2.10. The maximum atomic E-state index is 11.8. The number of halogens is 1. The number of hydrogen-bond donors (Lipinski definition) is 1. The number of rotatable bonds is 7. The van der Waals surface area contributed by atoms with Crippen LogP contribution in [0.4, 0.5) is 5.69 Å². The molecule has 0 saturated carbocycles. The monoisotopic (exact) mass is 285 g/mol. The van der Waals surface area contributed by atoms with Gasteiger partial charge in [-0.25, -0.2) is 0 Å². The van der Waals surface area contributed by atoms with Crippen molar-refractivity contribution in [1.82, 2.24) is 0 Å².